The van der Waals surface area contributed by atoms with Gasteiger partial charge in [-0.25, -0.2) is 0 Å². The van der Waals surface area contributed by atoms with Crippen LogP contribution in [0.1, 0.15) is 0 Å². The molecule has 0 aliphatic heterocycles. The van der Waals surface area contributed by atoms with Gasteiger partial charge in [-0.1, -0.05) is 0 Å². The number of nitrogens with zero attached hydrogens (tertiary/aromatic N) is 3. The third kappa shape index (κ3) is 2.33. The molecule has 0 saturated carbocycles. The molecular weight excluding hydrogens is 222 g/mol. The highest BCUT2D eigenvalue weighted by molar-refractivity contribution is 5.74. The van der Waals surface area contributed by atoms with E-state index in [9.17, 15) is 10.1 Å². The molecule has 0 amide bonds. The lowest BCUT2D eigenvalue weighted by Crippen LogP contribution is -1.97. The van der Waals surface area contributed by atoms with Crippen molar-refractivity contribution in [1.82, 2.24) is 9.78 Å². The van der Waals surface area contributed by atoms with Crippen molar-refractivity contribution >= 4 is 22.7 Å². The Morgan fingerprint density at radius 3 is 2.82 bits per heavy atom. The molecule has 0 radical (unpaired) electrons. The summed E-state index contributed by atoms with van der Waals surface area (Å²) in [7, 11) is 1.80. The highest BCUT2D eigenvalue weighted by Gasteiger charge is 2.09. The van der Waals surface area contributed by atoms with Crippen molar-refractivity contribution in [3.63, 3.8) is 0 Å². The second kappa shape index (κ2) is 4.12. The summed E-state index contributed by atoms with van der Waals surface area (Å²) in [6.45, 7) is 0. The number of nitro benzene ring substituents is 1. The van der Waals surface area contributed by atoms with E-state index in [2.05, 4.69) is 10.4 Å². The largest absolute Gasteiger partial charge is 0.397 e. The fourth-order valence-corrected chi connectivity index (χ4v) is 1.42. The summed E-state index contributed by atoms with van der Waals surface area (Å²) in [5, 5.41) is 17.6. The van der Waals surface area contributed by atoms with Crippen molar-refractivity contribution < 1.29 is 4.92 Å². The van der Waals surface area contributed by atoms with Crippen LogP contribution in [-0.4, -0.2) is 14.7 Å². The number of benzene rings is 1. The molecule has 0 spiro atoms. The summed E-state index contributed by atoms with van der Waals surface area (Å²) in [5.41, 5.74) is 7.40. The molecule has 17 heavy (non-hydrogen) atoms. The van der Waals surface area contributed by atoms with Gasteiger partial charge in [-0.15, -0.1) is 0 Å². The van der Waals surface area contributed by atoms with E-state index in [1.807, 2.05) is 0 Å². The molecular formula is C10H11N5O2. The first-order valence-electron chi connectivity index (χ1n) is 4.86. The van der Waals surface area contributed by atoms with Crippen molar-refractivity contribution in [1.29, 1.82) is 0 Å². The summed E-state index contributed by atoms with van der Waals surface area (Å²) in [6, 6.07) is 4.29. The van der Waals surface area contributed by atoms with Crippen molar-refractivity contribution in [2.45, 2.75) is 0 Å². The van der Waals surface area contributed by atoms with Gasteiger partial charge >= 0.3 is 0 Å². The number of aromatic nitrogens is 2. The van der Waals surface area contributed by atoms with Crippen molar-refractivity contribution in [2.24, 2.45) is 7.05 Å². The Balaban J connectivity index is 2.25. The number of nitrogen functional groups attached to an aromatic ring is 1. The van der Waals surface area contributed by atoms with Gasteiger partial charge in [0.15, 0.2) is 0 Å². The lowest BCUT2D eigenvalue weighted by molar-refractivity contribution is -0.384. The highest BCUT2D eigenvalue weighted by atomic mass is 16.6. The predicted octanol–water partition coefficient (Wildman–Crippen LogP) is 1.65. The van der Waals surface area contributed by atoms with E-state index in [1.165, 1.54) is 12.1 Å². The zero-order valence-corrected chi connectivity index (χ0v) is 9.12. The van der Waals surface area contributed by atoms with E-state index >= 15 is 0 Å². The Bertz CT molecular complexity index is 564. The molecule has 2 aromatic rings. The zero-order valence-electron chi connectivity index (χ0n) is 9.12. The highest BCUT2D eigenvalue weighted by Crippen LogP contribution is 2.26. The summed E-state index contributed by atoms with van der Waals surface area (Å²) in [5.74, 6) is 0. The smallest absolute Gasteiger partial charge is 0.271 e. The van der Waals surface area contributed by atoms with Crippen LogP contribution in [0.5, 0.6) is 0 Å². The number of aryl methyl sites for hydroxylation is 1. The van der Waals surface area contributed by atoms with E-state index in [4.69, 9.17) is 5.73 Å². The van der Waals surface area contributed by atoms with Crippen molar-refractivity contribution in [3.05, 3.63) is 40.7 Å². The summed E-state index contributed by atoms with van der Waals surface area (Å²) < 4.78 is 1.64. The molecule has 0 bridgehead atoms. The molecule has 0 fully saturated rings. The number of hydrogen-bond donors (Lipinski definition) is 2. The van der Waals surface area contributed by atoms with Gasteiger partial charge in [-0.05, 0) is 6.07 Å². The molecule has 0 unspecified atom stereocenters. The van der Waals surface area contributed by atoms with Gasteiger partial charge in [-0.2, -0.15) is 5.10 Å². The molecule has 1 heterocycles. The Labute approximate surface area is 97.0 Å². The predicted molar refractivity (Wildman–Crippen MR) is 64.0 cm³/mol. The summed E-state index contributed by atoms with van der Waals surface area (Å²) >= 11 is 0. The molecule has 0 saturated heterocycles. The lowest BCUT2D eigenvalue weighted by Gasteiger charge is -2.06. The van der Waals surface area contributed by atoms with Gasteiger partial charge < -0.3 is 11.1 Å². The van der Waals surface area contributed by atoms with Gasteiger partial charge in [-0.3, -0.25) is 14.8 Å². The number of rotatable bonds is 3. The maximum atomic E-state index is 10.5. The van der Waals surface area contributed by atoms with Crippen molar-refractivity contribution in [2.75, 3.05) is 11.1 Å². The van der Waals surface area contributed by atoms with Crippen LogP contribution in [0.2, 0.25) is 0 Å². The number of anilines is 3. The van der Waals surface area contributed by atoms with Gasteiger partial charge in [0.2, 0.25) is 0 Å². The summed E-state index contributed by atoms with van der Waals surface area (Å²) in [4.78, 5) is 10.1. The minimum atomic E-state index is -0.482. The lowest BCUT2D eigenvalue weighted by atomic mass is 10.2. The fourth-order valence-electron chi connectivity index (χ4n) is 1.42. The van der Waals surface area contributed by atoms with Crippen LogP contribution >= 0.6 is 0 Å². The van der Waals surface area contributed by atoms with E-state index < -0.39 is 4.92 Å². The van der Waals surface area contributed by atoms with Crippen LogP contribution in [0.4, 0.5) is 22.7 Å². The summed E-state index contributed by atoms with van der Waals surface area (Å²) in [6.07, 6.45) is 3.42. The Hall–Kier alpha value is -2.57. The van der Waals surface area contributed by atoms with Crippen LogP contribution in [0, 0.1) is 10.1 Å². The molecule has 2 rings (SSSR count). The number of nitrogens with two attached hydrogens (primary N) is 1. The third-order valence-electron chi connectivity index (χ3n) is 2.23. The monoisotopic (exact) mass is 233 g/mol. The molecule has 0 aliphatic carbocycles. The maximum absolute atomic E-state index is 10.5. The van der Waals surface area contributed by atoms with E-state index in [0.29, 0.717) is 11.4 Å². The van der Waals surface area contributed by atoms with Gasteiger partial charge in [0.25, 0.3) is 5.69 Å². The first kappa shape index (κ1) is 10.9. The Morgan fingerprint density at radius 1 is 1.53 bits per heavy atom. The first-order valence-corrected chi connectivity index (χ1v) is 4.86. The van der Waals surface area contributed by atoms with E-state index in [1.54, 1.807) is 30.2 Å². The normalized spacial score (nSPS) is 10.2. The molecule has 1 aromatic carbocycles. The molecule has 7 heteroatoms. The molecule has 0 aliphatic rings. The molecule has 0 atom stereocenters. The van der Waals surface area contributed by atoms with E-state index in [0.717, 1.165) is 5.69 Å². The molecule has 1 aromatic heterocycles. The van der Waals surface area contributed by atoms with Crippen molar-refractivity contribution in [3.8, 4) is 0 Å². The van der Waals surface area contributed by atoms with Gasteiger partial charge in [0.1, 0.15) is 0 Å². The number of nitro groups is 1. The minimum Gasteiger partial charge on any atom is -0.397 e. The van der Waals surface area contributed by atoms with Crippen LogP contribution < -0.4 is 11.1 Å². The van der Waals surface area contributed by atoms with Crippen LogP contribution in [0.25, 0.3) is 0 Å². The van der Waals surface area contributed by atoms with Crippen LogP contribution in [0.15, 0.2) is 30.6 Å². The van der Waals surface area contributed by atoms with E-state index in [-0.39, 0.29) is 5.69 Å². The second-order valence-corrected chi connectivity index (χ2v) is 3.56. The number of non-ortho nitro benzene ring substituents is 1. The average molecular weight is 233 g/mol. The molecule has 3 N–H and O–H groups in total. The second-order valence-electron chi connectivity index (χ2n) is 3.56. The fraction of sp³-hybridized carbons (Fsp3) is 0.100. The first-order chi connectivity index (χ1) is 8.06. The van der Waals surface area contributed by atoms with Crippen LogP contribution in [-0.2, 0) is 7.05 Å². The standard InChI is InChI=1S/C10H11N5O2/c1-14-6-7(5-12-14)13-10-3-2-8(15(16)17)4-9(10)11/h2-6,13H,11H2,1H3. The SMILES string of the molecule is Cn1cc(Nc2ccc([N+](=O)[O-])cc2N)cn1. The molecule has 88 valence electrons. The third-order valence-corrected chi connectivity index (χ3v) is 2.23. The zero-order chi connectivity index (χ0) is 12.4. The minimum absolute atomic E-state index is 0.0285. The van der Waals surface area contributed by atoms with Crippen LogP contribution in [0.3, 0.4) is 0 Å². The quantitative estimate of drug-likeness (QED) is 0.477. The topological polar surface area (TPSA) is 99.0 Å². The molecule has 7 nitrogen and oxygen atoms in total. The number of hydrogen-bond acceptors (Lipinski definition) is 5. The van der Waals surface area contributed by atoms with Gasteiger partial charge in [0, 0.05) is 25.4 Å². The Kier molecular flexibility index (Phi) is 2.65. The Morgan fingerprint density at radius 2 is 2.29 bits per heavy atom. The maximum Gasteiger partial charge on any atom is 0.271 e. The van der Waals surface area contributed by atoms with Gasteiger partial charge in [0.05, 0.1) is 28.2 Å². The number of nitrogens with one attached hydrogen (secondary N) is 1. The average Bonchev–Trinajstić information content (AvgIpc) is 2.67.